The first kappa shape index (κ1) is 11.7. The molecule has 0 fully saturated rings. The van der Waals surface area contributed by atoms with Crippen LogP contribution in [0.15, 0.2) is 23.1 Å². The van der Waals surface area contributed by atoms with E-state index in [0.29, 0.717) is 5.56 Å². The number of carbonyl (C=O) groups is 1. The van der Waals surface area contributed by atoms with Gasteiger partial charge in [0.2, 0.25) is 0 Å². The van der Waals surface area contributed by atoms with Crippen molar-refractivity contribution < 1.29 is 9.18 Å². The minimum Gasteiger partial charge on any atom is -0.298 e. The first-order valence-electron chi connectivity index (χ1n) is 4.04. The van der Waals surface area contributed by atoms with E-state index in [-0.39, 0.29) is 11.6 Å². The first-order valence-corrected chi connectivity index (χ1v) is 6.18. The van der Waals surface area contributed by atoms with Crippen molar-refractivity contribution in [1.82, 2.24) is 0 Å². The minimum atomic E-state index is -0.416. The number of halogens is 2. The molecule has 1 unspecified atom stereocenters. The van der Waals surface area contributed by atoms with Crippen molar-refractivity contribution >= 4 is 33.5 Å². The largest absolute Gasteiger partial charge is 0.298 e. The molecule has 4 heteroatoms. The molecule has 1 nitrogen and oxygen atoms in total. The second-order valence-electron chi connectivity index (χ2n) is 2.86. The van der Waals surface area contributed by atoms with Crippen LogP contribution in [0.25, 0.3) is 0 Å². The Hall–Kier alpha value is -0.350. The molecule has 0 saturated carbocycles. The summed E-state index contributed by atoms with van der Waals surface area (Å²) in [5.74, 6) is -0.339. The smallest absolute Gasteiger partial charge is 0.147 e. The molecule has 0 aromatic heterocycles. The lowest BCUT2D eigenvalue weighted by Gasteiger charge is -2.10. The monoisotopic (exact) mass is 276 g/mol. The molecule has 0 spiro atoms. The molecular formula is C10H10BrFOS. The molecule has 0 aliphatic rings. The van der Waals surface area contributed by atoms with E-state index < -0.39 is 4.83 Å². The summed E-state index contributed by atoms with van der Waals surface area (Å²) in [6.45, 7) is 1.48. The van der Waals surface area contributed by atoms with E-state index in [1.54, 1.807) is 6.07 Å². The van der Waals surface area contributed by atoms with Crippen molar-refractivity contribution in [2.24, 2.45) is 0 Å². The first-order chi connectivity index (χ1) is 6.56. The molecule has 0 saturated heterocycles. The van der Waals surface area contributed by atoms with Gasteiger partial charge in [-0.2, -0.15) is 0 Å². The zero-order valence-corrected chi connectivity index (χ0v) is 10.3. The highest BCUT2D eigenvalue weighted by Gasteiger charge is 2.16. The fourth-order valence-corrected chi connectivity index (χ4v) is 2.27. The summed E-state index contributed by atoms with van der Waals surface area (Å²) >= 11 is 4.75. The Kier molecular flexibility index (Phi) is 4.13. The fourth-order valence-electron chi connectivity index (χ4n) is 1.12. The molecule has 0 radical (unpaired) electrons. The number of hydrogen-bond donors (Lipinski definition) is 0. The Morgan fingerprint density at radius 2 is 2.21 bits per heavy atom. The molecule has 0 N–H and O–H groups in total. The average Bonchev–Trinajstić information content (AvgIpc) is 2.16. The number of rotatable bonds is 3. The lowest BCUT2D eigenvalue weighted by atomic mass is 10.1. The number of thioether (sulfide) groups is 1. The van der Waals surface area contributed by atoms with Gasteiger partial charge in [0.1, 0.15) is 11.6 Å². The number of ketones is 1. The molecule has 14 heavy (non-hydrogen) atoms. The molecular weight excluding hydrogens is 267 g/mol. The fraction of sp³-hybridized carbons (Fsp3) is 0.300. The van der Waals surface area contributed by atoms with Crippen molar-refractivity contribution in [2.45, 2.75) is 16.6 Å². The van der Waals surface area contributed by atoms with Gasteiger partial charge in [-0.25, -0.2) is 4.39 Å². The van der Waals surface area contributed by atoms with Crippen LogP contribution in [0.3, 0.4) is 0 Å². The highest BCUT2D eigenvalue weighted by atomic mass is 79.9. The van der Waals surface area contributed by atoms with Crippen molar-refractivity contribution in [1.29, 1.82) is 0 Å². The van der Waals surface area contributed by atoms with E-state index >= 15 is 0 Å². The molecule has 0 aliphatic carbocycles. The Morgan fingerprint density at radius 3 is 2.71 bits per heavy atom. The number of Topliss-reactive ketones (excluding diaryl/α,β-unsaturated/α-hetero) is 1. The number of hydrogen-bond acceptors (Lipinski definition) is 2. The van der Waals surface area contributed by atoms with Crippen LogP contribution in [0.1, 0.15) is 17.3 Å². The Balaban J connectivity index is 3.16. The summed E-state index contributed by atoms with van der Waals surface area (Å²) in [7, 11) is 0. The van der Waals surface area contributed by atoms with E-state index in [4.69, 9.17) is 0 Å². The van der Waals surface area contributed by atoms with Gasteiger partial charge < -0.3 is 0 Å². The van der Waals surface area contributed by atoms with E-state index in [1.807, 2.05) is 6.26 Å². The van der Waals surface area contributed by atoms with Gasteiger partial charge in [-0.15, -0.1) is 11.8 Å². The molecule has 0 amide bonds. The number of benzene rings is 1. The lowest BCUT2D eigenvalue weighted by Crippen LogP contribution is -2.03. The van der Waals surface area contributed by atoms with Gasteiger partial charge in [-0.05, 0) is 36.9 Å². The number of alkyl halides is 1. The Labute approximate surface area is 95.2 Å². The van der Waals surface area contributed by atoms with Gasteiger partial charge in [0.25, 0.3) is 0 Å². The van der Waals surface area contributed by atoms with Gasteiger partial charge >= 0.3 is 0 Å². The second-order valence-corrected chi connectivity index (χ2v) is 4.62. The summed E-state index contributed by atoms with van der Waals surface area (Å²) in [4.78, 5) is 11.6. The van der Waals surface area contributed by atoms with Crippen LogP contribution >= 0.6 is 27.7 Å². The molecule has 0 aliphatic heterocycles. The summed E-state index contributed by atoms with van der Waals surface area (Å²) in [6, 6.07) is 4.48. The molecule has 0 heterocycles. The van der Waals surface area contributed by atoms with Crippen molar-refractivity contribution in [3.8, 4) is 0 Å². The Bertz CT molecular complexity index is 354. The van der Waals surface area contributed by atoms with Gasteiger partial charge in [0.15, 0.2) is 0 Å². The third kappa shape index (κ3) is 2.58. The van der Waals surface area contributed by atoms with Crippen LogP contribution < -0.4 is 0 Å². The maximum absolute atomic E-state index is 13.0. The van der Waals surface area contributed by atoms with Crippen LogP contribution in [0, 0.1) is 5.82 Å². The molecule has 1 rings (SSSR count). The maximum atomic E-state index is 13.0. The van der Waals surface area contributed by atoms with Crippen LogP contribution in [0.4, 0.5) is 4.39 Å². The summed E-state index contributed by atoms with van der Waals surface area (Å²) in [5, 5.41) is 0. The zero-order valence-electron chi connectivity index (χ0n) is 7.88. The van der Waals surface area contributed by atoms with Crippen molar-refractivity contribution in [2.75, 3.05) is 6.26 Å². The average molecular weight is 277 g/mol. The summed E-state index contributed by atoms with van der Waals surface area (Å²) in [6.07, 6.45) is 1.90. The van der Waals surface area contributed by atoms with Crippen LogP contribution in [0.5, 0.6) is 0 Å². The van der Waals surface area contributed by atoms with Crippen LogP contribution in [0.2, 0.25) is 0 Å². The Morgan fingerprint density at radius 1 is 1.57 bits per heavy atom. The molecule has 1 aromatic rings. The summed E-state index contributed by atoms with van der Waals surface area (Å²) < 4.78 is 13.0. The SMILES string of the molecule is CSc1ccc(F)cc1C(Br)C(C)=O. The highest BCUT2D eigenvalue weighted by molar-refractivity contribution is 9.09. The molecule has 1 atom stereocenters. The summed E-state index contributed by atoms with van der Waals surface area (Å²) in [5.41, 5.74) is 0.699. The third-order valence-corrected chi connectivity index (χ3v) is 3.77. The van der Waals surface area contributed by atoms with Gasteiger partial charge in [-0.3, -0.25) is 4.79 Å². The van der Waals surface area contributed by atoms with Crippen molar-refractivity contribution in [3.63, 3.8) is 0 Å². The van der Waals surface area contributed by atoms with Gasteiger partial charge in [0.05, 0.1) is 4.83 Å². The van der Waals surface area contributed by atoms with E-state index in [2.05, 4.69) is 15.9 Å². The molecule has 76 valence electrons. The van der Waals surface area contributed by atoms with Crippen molar-refractivity contribution in [3.05, 3.63) is 29.6 Å². The van der Waals surface area contributed by atoms with Gasteiger partial charge in [0, 0.05) is 4.90 Å². The lowest BCUT2D eigenvalue weighted by molar-refractivity contribution is -0.116. The topological polar surface area (TPSA) is 17.1 Å². The third-order valence-electron chi connectivity index (χ3n) is 1.82. The standard InChI is InChI=1S/C10H10BrFOS/c1-6(13)10(11)8-5-7(12)3-4-9(8)14-2/h3-5,10H,1-2H3. The molecule has 0 bridgehead atoms. The second kappa shape index (κ2) is 4.94. The van der Waals surface area contributed by atoms with Gasteiger partial charge in [-0.1, -0.05) is 15.9 Å². The highest BCUT2D eigenvalue weighted by Crippen LogP contribution is 2.32. The maximum Gasteiger partial charge on any atom is 0.147 e. The van der Waals surface area contributed by atoms with E-state index in [1.165, 1.54) is 30.8 Å². The van der Waals surface area contributed by atoms with E-state index in [9.17, 15) is 9.18 Å². The van der Waals surface area contributed by atoms with E-state index in [0.717, 1.165) is 4.90 Å². The van der Waals surface area contributed by atoms with Crippen LogP contribution in [-0.4, -0.2) is 12.0 Å². The van der Waals surface area contributed by atoms with Crippen LogP contribution in [-0.2, 0) is 4.79 Å². The zero-order chi connectivity index (χ0) is 10.7. The quantitative estimate of drug-likeness (QED) is 0.620. The predicted octanol–water partition coefficient (Wildman–Crippen LogP) is 3.57. The predicted molar refractivity (Wildman–Crippen MR) is 60.5 cm³/mol. The minimum absolute atomic E-state index is 0.0223. The normalized spacial score (nSPS) is 12.6. The molecule has 1 aromatic carbocycles. The number of carbonyl (C=O) groups excluding carboxylic acids is 1.